The SMILES string of the molecule is CCC(Oc1cccc(CC(C)(C)C)c1)C(=O)C(=O)Nc1cc(O)c(NC(=O)Nc2cccc(S(=O)(=O)Nc3ccccc3)c2)cc1Oc1ccccc1. The molecular formula is C41H42N4O8S. The first-order valence-electron chi connectivity index (χ1n) is 17.2. The van der Waals surface area contributed by atoms with Crippen molar-refractivity contribution in [3.05, 3.63) is 127 Å². The van der Waals surface area contributed by atoms with Gasteiger partial charge in [-0.3, -0.25) is 14.3 Å². The largest absolute Gasteiger partial charge is 0.506 e. The number of sulfonamides is 1. The smallest absolute Gasteiger partial charge is 0.323 e. The van der Waals surface area contributed by atoms with Crippen LogP contribution in [-0.4, -0.2) is 37.3 Å². The number of ketones is 1. The lowest BCUT2D eigenvalue weighted by atomic mass is 9.88. The van der Waals surface area contributed by atoms with Gasteiger partial charge in [-0.25, -0.2) is 13.2 Å². The van der Waals surface area contributed by atoms with Gasteiger partial charge < -0.3 is 30.5 Å². The maximum atomic E-state index is 13.4. The van der Waals surface area contributed by atoms with Crippen molar-refractivity contribution in [2.75, 3.05) is 20.7 Å². The van der Waals surface area contributed by atoms with E-state index in [0.29, 0.717) is 17.2 Å². The zero-order valence-corrected chi connectivity index (χ0v) is 31.1. The van der Waals surface area contributed by atoms with Crippen LogP contribution in [0.1, 0.15) is 39.7 Å². The van der Waals surface area contributed by atoms with E-state index in [1.807, 2.05) is 18.2 Å². The highest BCUT2D eigenvalue weighted by Crippen LogP contribution is 2.38. The molecule has 0 saturated heterocycles. The summed E-state index contributed by atoms with van der Waals surface area (Å²) in [7, 11) is -3.97. The Balaban J connectivity index is 1.32. The van der Waals surface area contributed by atoms with E-state index in [-0.39, 0.29) is 39.5 Å². The number of anilines is 4. The fraction of sp³-hybridized carbons (Fsp3) is 0.195. The van der Waals surface area contributed by atoms with Crippen molar-refractivity contribution in [2.24, 2.45) is 5.41 Å². The van der Waals surface area contributed by atoms with Gasteiger partial charge in [0.2, 0.25) is 0 Å². The minimum atomic E-state index is -3.97. The summed E-state index contributed by atoms with van der Waals surface area (Å²) in [5.41, 5.74) is 1.44. The summed E-state index contributed by atoms with van der Waals surface area (Å²) in [6.07, 6.45) is -0.0840. The van der Waals surface area contributed by atoms with Gasteiger partial charge in [0.05, 0.1) is 16.3 Å². The number of para-hydroxylation sites is 2. The number of carbonyl (C=O) groups is 3. The highest BCUT2D eigenvalue weighted by Gasteiger charge is 2.28. The van der Waals surface area contributed by atoms with Crippen LogP contribution in [0.25, 0.3) is 0 Å². The average molecular weight is 751 g/mol. The van der Waals surface area contributed by atoms with Crippen molar-refractivity contribution in [2.45, 2.75) is 51.5 Å². The number of carbonyl (C=O) groups excluding carboxylic acids is 3. The van der Waals surface area contributed by atoms with Crippen LogP contribution in [0.3, 0.4) is 0 Å². The molecule has 0 aromatic heterocycles. The Morgan fingerprint density at radius 3 is 2.06 bits per heavy atom. The van der Waals surface area contributed by atoms with E-state index in [2.05, 4.69) is 41.4 Å². The first-order chi connectivity index (χ1) is 25.7. The van der Waals surface area contributed by atoms with Crippen LogP contribution in [0.2, 0.25) is 0 Å². The Kier molecular flexibility index (Phi) is 12.2. The van der Waals surface area contributed by atoms with Crippen molar-refractivity contribution in [3.8, 4) is 23.0 Å². The zero-order chi connectivity index (χ0) is 38.9. The fourth-order valence-corrected chi connectivity index (χ4v) is 6.47. The Labute approximate surface area is 314 Å². The third kappa shape index (κ3) is 10.8. The molecule has 54 heavy (non-hydrogen) atoms. The molecule has 0 radical (unpaired) electrons. The number of ether oxygens (including phenoxy) is 2. The van der Waals surface area contributed by atoms with Crippen LogP contribution in [0.15, 0.2) is 126 Å². The standard InChI is InChI=1S/C41H42N4O8S/c1-5-36(53-31-20-12-14-27(22-31)26-41(2,3)4)38(47)39(48)43-34-24-35(46)33(25-37(34)52-30-18-10-7-11-19-30)44-40(49)42-29-17-13-21-32(23-29)54(50,51)45-28-15-8-6-9-16-28/h6-25,36,45-46H,5,26H2,1-4H3,(H,43,48)(H2,42,44,49). The van der Waals surface area contributed by atoms with Gasteiger partial charge in [0, 0.05) is 23.5 Å². The number of phenols is 1. The Bertz CT molecular complexity index is 2220. The summed E-state index contributed by atoms with van der Waals surface area (Å²) in [6, 6.07) is 31.5. The third-order valence-corrected chi connectivity index (χ3v) is 9.17. The van der Waals surface area contributed by atoms with E-state index in [0.717, 1.165) is 18.1 Å². The van der Waals surface area contributed by atoms with Crippen molar-refractivity contribution in [1.82, 2.24) is 0 Å². The normalized spacial score (nSPS) is 11.9. The minimum Gasteiger partial charge on any atom is -0.506 e. The van der Waals surface area contributed by atoms with Crippen molar-refractivity contribution in [3.63, 3.8) is 0 Å². The lowest BCUT2D eigenvalue weighted by molar-refractivity contribution is -0.139. The van der Waals surface area contributed by atoms with Gasteiger partial charge >= 0.3 is 6.03 Å². The molecule has 5 aromatic rings. The van der Waals surface area contributed by atoms with E-state index in [4.69, 9.17) is 9.47 Å². The summed E-state index contributed by atoms with van der Waals surface area (Å²) in [5.74, 6) is -1.47. The molecule has 0 aliphatic carbocycles. The Hall–Kier alpha value is -6.34. The van der Waals surface area contributed by atoms with E-state index in [9.17, 15) is 27.9 Å². The number of aromatic hydroxyl groups is 1. The van der Waals surface area contributed by atoms with Crippen molar-refractivity contribution >= 4 is 50.5 Å². The molecule has 280 valence electrons. The summed E-state index contributed by atoms with van der Waals surface area (Å²) < 4.78 is 40.4. The predicted octanol–water partition coefficient (Wildman–Crippen LogP) is 8.58. The van der Waals surface area contributed by atoms with Crippen LogP contribution >= 0.6 is 0 Å². The van der Waals surface area contributed by atoms with Gasteiger partial charge in [0.15, 0.2) is 11.9 Å². The van der Waals surface area contributed by atoms with Crippen LogP contribution in [0.5, 0.6) is 23.0 Å². The van der Waals surface area contributed by atoms with Gasteiger partial charge in [-0.2, -0.15) is 0 Å². The number of nitrogens with one attached hydrogen (secondary N) is 4. The molecule has 3 amide bonds. The number of hydrogen-bond donors (Lipinski definition) is 5. The molecular weight excluding hydrogens is 709 g/mol. The molecule has 1 atom stereocenters. The second-order valence-corrected chi connectivity index (χ2v) is 15.3. The molecule has 0 aliphatic rings. The van der Waals surface area contributed by atoms with Crippen LogP contribution in [0, 0.1) is 5.41 Å². The molecule has 0 fully saturated rings. The van der Waals surface area contributed by atoms with Crippen LogP contribution in [-0.2, 0) is 26.0 Å². The molecule has 0 spiro atoms. The topological polar surface area (TPSA) is 172 Å². The highest BCUT2D eigenvalue weighted by atomic mass is 32.2. The second-order valence-electron chi connectivity index (χ2n) is 13.6. The maximum absolute atomic E-state index is 13.4. The maximum Gasteiger partial charge on any atom is 0.323 e. The van der Waals surface area contributed by atoms with Crippen LogP contribution in [0.4, 0.5) is 27.5 Å². The molecule has 5 N–H and O–H groups in total. The van der Waals surface area contributed by atoms with E-state index in [1.54, 1.807) is 73.7 Å². The van der Waals surface area contributed by atoms with Crippen molar-refractivity contribution in [1.29, 1.82) is 0 Å². The number of urea groups is 1. The molecule has 12 nitrogen and oxygen atoms in total. The molecule has 5 aromatic carbocycles. The third-order valence-electron chi connectivity index (χ3n) is 7.79. The first-order valence-corrected chi connectivity index (χ1v) is 18.6. The monoisotopic (exact) mass is 750 g/mol. The average Bonchev–Trinajstić information content (AvgIpc) is 3.12. The van der Waals surface area contributed by atoms with Gasteiger partial charge in [0.25, 0.3) is 21.7 Å². The van der Waals surface area contributed by atoms with E-state index in [1.165, 1.54) is 30.3 Å². The predicted molar refractivity (Wildman–Crippen MR) is 209 cm³/mol. The molecule has 13 heteroatoms. The molecule has 0 heterocycles. The second kappa shape index (κ2) is 17.0. The van der Waals surface area contributed by atoms with Gasteiger partial charge in [-0.1, -0.05) is 82.3 Å². The Morgan fingerprint density at radius 1 is 0.722 bits per heavy atom. The Morgan fingerprint density at radius 2 is 1.37 bits per heavy atom. The summed E-state index contributed by atoms with van der Waals surface area (Å²) in [5, 5.41) is 18.5. The number of hydrogen-bond acceptors (Lipinski definition) is 8. The zero-order valence-electron chi connectivity index (χ0n) is 30.3. The van der Waals surface area contributed by atoms with Crippen LogP contribution < -0.4 is 30.1 Å². The summed E-state index contributed by atoms with van der Waals surface area (Å²) in [4.78, 5) is 39.7. The molecule has 5 rings (SSSR count). The van der Waals surface area contributed by atoms with E-state index < -0.39 is 39.6 Å². The number of amides is 3. The number of phenolic OH excluding ortho intramolecular Hbond substituents is 1. The summed E-state index contributed by atoms with van der Waals surface area (Å²) in [6.45, 7) is 8.09. The number of rotatable bonds is 14. The molecule has 1 unspecified atom stereocenters. The highest BCUT2D eigenvalue weighted by molar-refractivity contribution is 7.92. The molecule has 0 saturated carbocycles. The quantitative estimate of drug-likeness (QED) is 0.0555. The molecule has 0 bridgehead atoms. The lowest BCUT2D eigenvalue weighted by Crippen LogP contribution is -2.36. The first kappa shape index (κ1) is 38.9. The fourth-order valence-electron chi connectivity index (χ4n) is 5.37. The van der Waals surface area contributed by atoms with Gasteiger partial charge in [-0.15, -0.1) is 0 Å². The van der Waals surface area contributed by atoms with Gasteiger partial charge in [0.1, 0.15) is 17.2 Å². The minimum absolute atomic E-state index is 0.000578. The van der Waals surface area contributed by atoms with E-state index >= 15 is 0 Å². The van der Waals surface area contributed by atoms with Gasteiger partial charge in [-0.05, 0) is 78.4 Å². The molecule has 0 aliphatic heterocycles. The number of benzene rings is 5. The lowest BCUT2D eigenvalue weighted by Gasteiger charge is -2.20. The van der Waals surface area contributed by atoms with Crippen molar-refractivity contribution < 1.29 is 37.4 Å². The number of Topliss-reactive ketones (excluding diaryl/α,β-unsaturated/α-hetero) is 1. The summed E-state index contributed by atoms with van der Waals surface area (Å²) >= 11 is 0.